The normalized spacial score (nSPS) is 23.7. The number of carbonyl (C=O) groups excluding carboxylic acids is 1. The molecule has 38 heavy (non-hydrogen) atoms. The maximum Gasteiger partial charge on any atom is 0.341 e. The van der Waals surface area contributed by atoms with E-state index in [0.717, 1.165) is 45.1 Å². The summed E-state index contributed by atoms with van der Waals surface area (Å²) in [5.74, 6) is -2.66. The Labute approximate surface area is 223 Å². The highest BCUT2D eigenvalue weighted by molar-refractivity contribution is 5.90. The summed E-state index contributed by atoms with van der Waals surface area (Å²) in [7, 11) is 0. The van der Waals surface area contributed by atoms with Gasteiger partial charge in [0, 0.05) is 12.7 Å². The second kappa shape index (κ2) is 13.5. The lowest BCUT2D eigenvalue weighted by Gasteiger charge is -2.31. The van der Waals surface area contributed by atoms with Crippen LogP contribution in [0, 0.1) is 17.5 Å². The van der Waals surface area contributed by atoms with Gasteiger partial charge >= 0.3 is 5.97 Å². The fourth-order valence-corrected chi connectivity index (χ4v) is 5.77. The van der Waals surface area contributed by atoms with Crippen LogP contribution in [0.1, 0.15) is 111 Å². The van der Waals surface area contributed by atoms with Crippen LogP contribution in [0.4, 0.5) is 13.2 Å². The standard InChI is InChI=1S/C31H39F3O4/c1-3-5-18-37-22-10-6-20(7-11-22)25-16-17-26(30(34)29(25)33)21-8-12-23(13-9-21)38-31(35)27-15-14-24(36-4-2)19-28(27)32/h14-17,19-23H,3-13,18H2,1-2H3. The van der Waals surface area contributed by atoms with Crippen molar-refractivity contribution in [3.05, 3.63) is 64.5 Å². The Hall–Kier alpha value is -2.54. The summed E-state index contributed by atoms with van der Waals surface area (Å²) < 4.78 is 61.4. The van der Waals surface area contributed by atoms with Gasteiger partial charge in [0.05, 0.1) is 18.3 Å². The molecule has 2 aliphatic carbocycles. The topological polar surface area (TPSA) is 44.8 Å². The van der Waals surface area contributed by atoms with E-state index >= 15 is 8.78 Å². The van der Waals surface area contributed by atoms with Gasteiger partial charge in [-0.1, -0.05) is 25.5 Å². The molecule has 2 aromatic carbocycles. The first-order valence-electron chi connectivity index (χ1n) is 14.1. The number of esters is 1. The van der Waals surface area contributed by atoms with Crippen molar-refractivity contribution >= 4 is 5.97 Å². The smallest absolute Gasteiger partial charge is 0.341 e. The fourth-order valence-electron chi connectivity index (χ4n) is 5.77. The number of benzene rings is 2. The first-order chi connectivity index (χ1) is 18.4. The second-order valence-corrected chi connectivity index (χ2v) is 10.5. The molecule has 0 atom stereocenters. The minimum absolute atomic E-state index is 0.0164. The van der Waals surface area contributed by atoms with Crippen molar-refractivity contribution < 1.29 is 32.2 Å². The minimum atomic E-state index is -0.749. The lowest BCUT2D eigenvalue weighted by Crippen LogP contribution is -2.25. The van der Waals surface area contributed by atoms with E-state index in [1.54, 1.807) is 19.1 Å². The lowest BCUT2D eigenvalue weighted by molar-refractivity contribution is 0.0188. The molecular formula is C31H39F3O4. The van der Waals surface area contributed by atoms with Crippen molar-refractivity contribution in [1.29, 1.82) is 0 Å². The fraction of sp³-hybridized carbons (Fsp3) is 0.581. The molecule has 0 bridgehead atoms. The third-order valence-corrected chi connectivity index (χ3v) is 7.97. The van der Waals surface area contributed by atoms with Crippen LogP contribution < -0.4 is 4.74 Å². The molecule has 208 valence electrons. The third-order valence-electron chi connectivity index (χ3n) is 7.97. The maximum absolute atomic E-state index is 15.2. The molecule has 4 nitrogen and oxygen atoms in total. The number of carbonyl (C=O) groups is 1. The van der Waals surface area contributed by atoms with Crippen LogP contribution >= 0.6 is 0 Å². The minimum Gasteiger partial charge on any atom is -0.494 e. The molecule has 0 unspecified atom stereocenters. The van der Waals surface area contributed by atoms with E-state index in [0.29, 0.717) is 49.2 Å². The van der Waals surface area contributed by atoms with Gasteiger partial charge in [-0.2, -0.15) is 0 Å². The molecular weight excluding hydrogens is 493 g/mol. The molecule has 0 N–H and O–H groups in total. The molecule has 2 aromatic rings. The zero-order chi connectivity index (χ0) is 27.1. The van der Waals surface area contributed by atoms with Crippen LogP contribution in [0.3, 0.4) is 0 Å². The van der Waals surface area contributed by atoms with Gasteiger partial charge in [0.15, 0.2) is 11.6 Å². The van der Waals surface area contributed by atoms with E-state index in [2.05, 4.69) is 6.92 Å². The van der Waals surface area contributed by atoms with Gasteiger partial charge in [-0.05, 0) is 99.8 Å². The number of ether oxygens (including phenoxy) is 3. The average Bonchev–Trinajstić information content (AvgIpc) is 2.92. The van der Waals surface area contributed by atoms with Crippen LogP contribution in [0.5, 0.6) is 5.75 Å². The highest BCUT2D eigenvalue weighted by atomic mass is 19.2. The number of unbranched alkanes of at least 4 members (excludes halogenated alkanes) is 1. The molecule has 0 aromatic heterocycles. The van der Waals surface area contributed by atoms with E-state index in [4.69, 9.17) is 14.2 Å². The molecule has 0 amide bonds. The molecule has 2 aliphatic rings. The van der Waals surface area contributed by atoms with E-state index in [1.165, 1.54) is 18.2 Å². The van der Waals surface area contributed by atoms with Crippen LogP contribution in [0.2, 0.25) is 0 Å². The number of rotatable bonds is 10. The molecule has 0 saturated heterocycles. The molecule has 4 rings (SSSR count). The van der Waals surface area contributed by atoms with Crippen molar-refractivity contribution in [2.75, 3.05) is 13.2 Å². The van der Waals surface area contributed by atoms with Gasteiger partial charge in [0.2, 0.25) is 0 Å². The van der Waals surface area contributed by atoms with Gasteiger partial charge in [-0.25, -0.2) is 18.0 Å². The zero-order valence-corrected chi connectivity index (χ0v) is 22.4. The Morgan fingerprint density at radius 2 is 1.39 bits per heavy atom. The molecule has 0 radical (unpaired) electrons. The predicted octanol–water partition coefficient (Wildman–Crippen LogP) is 8.23. The quantitative estimate of drug-likeness (QED) is 0.228. The van der Waals surface area contributed by atoms with Crippen molar-refractivity contribution in [3.8, 4) is 5.75 Å². The first kappa shape index (κ1) is 28.5. The summed E-state index contributed by atoms with van der Waals surface area (Å²) in [6.45, 7) is 5.09. The predicted molar refractivity (Wildman–Crippen MR) is 140 cm³/mol. The molecule has 2 fully saturated rings. The van der Waals surface area contributed by atoms with Gasteiger partial charge in [-0.3, -0.25) is 0 Å². The van der Waals surface area contributed by atoms with E-state index in [-0.39, 0.29) is 29.6 Å². The molecule has 0 heterocycles. The van der Waals surface area contributed by atoms with Gasteiger partial charge < -0.3 is 14.2 Å². The molecule has 7 heteroatoms. The zero-order valence-electron chi connectivity index (χ0n) is 22.4. The largest absolute Gasteiger partial charge is 0.494 e. The summed E-state index contributed by atoms with van der Waals surface area (Å²) in [6.07, 6.45) is 7.51. The summed E-state index contributed by atoms with van der Waals surface area (Å²) in [5.41, 5.74) is 0.726. The third kappa shape index (κ3) is 6.90. The van der Waals surface area contributed by atoms with Crippen LogP contribution in [-0.4, -0.2) is 31.4 Å². The first-order valence-corrected chi connectivity index (χ1v) is 14.1. The second-order valence-electron chi connectivity index (χ2n) is 10.5. The van der Waals surface area contributed by atoms with Gasteiger partial charge in [0.25, 0.3) is 0 Å². The molecule has 0 spiro atoms. The summed E-state index contributed by atoms with van der Waals surface area (Å²) >= 11 is 0. The lowest BCUT2D eigenvalue weighted by atomic mass is 9.79. The highest BCUT2D eigenvalue weighted by Gasteiger charge is 2.31. The van der Waals surface area contributed by atoms with Crippen molar-refractivity contribution in [1.82, 2.24) is 0 Å². The van der Waals surface area contributed by atoms with Crippen molar-refractivity contribution in [2.24, 2.45) is 0 Å². The van der Waals surface area contributed by atoms with Crippen molar-refractivity contribution in [3.63, 3.8) is 0 Å². The van der Waals surface area contributed by atoms with Crippen LogP contribution in [0.15, 0.2) is 30.3 Å². The monoisotopic (exact) mass is 532 g/mol. The average molecular weight is 533 g/mol. The Morgan fingerprint density at radius 1 is 0.816 bits per heavy atom. The highest BCUT2D eigenvalue weighted by Crippen LogP contribution is 2.40. The van der Waals surface area contributed by atoms with Crippen molar-refractivity contribution in [2.45, 2.75) is 102 Å². The van der Waals surface area contributed by atoms with E-state index < -0.39 is 23.4 Å². The van der Waals surface area contributed by atoms with Crippen LogP contribution in [-0.2, 0) is 9.47 Å². The number of halogens is 3. The Balaban J connectivity index is 1.30. The maximum atomic E-state index is 15.2. The Morgan fingerprint density at radius 3 is 1.92 bits per heavy atom. The van der Waals surface area contributed by atoms with Crippen LogP contribution in [0.25, 0.3) is 0 Å². The van der Waals surface area contributed by atoms with E-state index in [1.807, 2.05) is 0 Å². The molecule has 2 saturated carbocycles. The summed E-state index contributed by atoms with van der Waals surface area (Å²) in [5, 5.41) is 0. The number of hydrogen-bond acceptors (Lipinski definition) is 4. The molecule has 0 aliphatic heterocycles. The summed E-state index contributed by atoms with van der Waals surface area (Å²) in [6, 6.07) is 7.57. The van der Waals surface area contributed by atoms with Gasteiger partial charge in [-0.15, -0.1) is 0 Å². The SMILES string of the molecule is CCCCOC1CCC(c2ccc(C3CCC(OC(=O)c4ccc(OCC)cc4F)CC3)c(F)c2F)CC1. The van der Waals surface area contributed by atoms with E-state index in [9.17, 15) is 9.18 Å². The Kier molecular flexibility index (Phi) is 10.1. The summed E-state index contributed by atoms with van der Waals surface area (Å²) in [4.78, 5) is 12.5. The Bertz CT molecular complexity index is 1070. The number of hydrogen-bond donors (Lipinski definition) is 0. The van der Waals surface area contributed by atoms with Gasteiger partial charge in [0.1, 0.15) is 17.7 Å².